The summed E-state index contributed by atoms with van der Waals surface area (Å²) in [6.45, 7) is -0.488. The highest BCUT2D eigenvalue weighted by Crippen LogP contribution is 2.12. The Kier molecular flexibility index (Phi) is 18.4. The van der Waals surface area contributed by atoms with E-state index in [9.17, 15) is 28.8 Å². The van der Waals surface area contributed by atoms with Crippen LogP contribution >= 0.6 is 0 Å². The van der Waals surface area contributed by atoms with Gasteiger partial charge in [-0.15, -0.1) is 0 Å². The van der Waals surface area contributed by atoms with E-state index in [-0.39, 0.29) is 71.2 Å². The minimum absolute atomic E-state index is 0.000478. The molecule has 0 aliphatic rings. The van der Waals surface area contributed by atoms with Crippen LogP contribution in [0.25, 0.3) is 0 Å². The van der Waals surface area contributed by atoms with Crippen molar-refractivity contribution < 1.29 is 52.5 Å². The molecule has 0 spiro atoms. The van der Waals surface area contributed by atoms with E-state index in [0.29, 0.717) is 6.42 Å². The number of benzene rings is 1. The highest BCUT2D eigenvalue weighted by atomic mass is 16.6. The van der Waals surface area contributed by atoms with Gasteiger partial charge in [0.1, 0.15) is 6.61 Å². The van der Waals surface area contributed by atoms with E-state index >= 15 is 0 Å². The van der Waals surface area contributed by atoms with Crippen molar-refractivity contribution in [2.24, 2.45) is 0 Å². The Balaban J connectivity index is 2.75. The lowest BCUT2D eigenvalue weighted by Crippen LogP contribution is -2.50. The average molecular weight is 611 g/mol. The summed E-state index contributed by atoms with van der Waals surface area (Å²) in [5.74, 6) is -2.84. The molecule has 1 rings (SSSR count). The lowest BCUT2D eigenvalue weighted by atomic mass is 10.1. The van der Waals surface area contributed by atoms with Gasteiger partial charge in [0.25, 0.3) is 0 Å². The van der Waals surface area contributed by atoms with Crippen LogP contribution in [-0.4, -0.2) is 126 Å². The number of amides is 2. The predicted octanol–water partition coefficient (Wildman–Crippen LogP) is -0.136. The molecule has 1 atom stereocenters. The van der Waals surface area contributed by atoms with Crippen molar-refractivity contribution in [2.45, 2.75) is 31.9 Å². The van der Waals surface area contributed by atoms with E-state index in [4.69, 9.17) is 23.7 Å². The smallest absolute Gasteiger partial charge is 0.407 e. The summed E-state index contributed by atoms with van der Waals surface area (Å²) in [5, 5.41) is 5.37. The third-order valence-electron chi connectivity index (χ3n) is 6.13. The van der Waals surface area contributed by atoms with Crippen molar-refractivity contribution in [3.8, 4) is 0 Å². The lowest BCUT2D eigenvalue weighted by molar-refractivity contribution is -0.150. The quantitative estimate of drug-likeness (QED) is 0.113. The molecular weight excluding hydrogens is 568 g/mol. The fraction of sp³-hybridized carbons (Fsp3) is 0.571. The summed E-state index contributed by atoms with van der Waals surface area (Å²) < 4.78 is 24.1. The summed E-state index contributed by atoms with van der Waals surface area (Å²) in [6.07, 6.45) is -0.000536. The summed E-state index contributed by atoms with van der Waals surface area (Å²) in [4.78, 5) is 75.6. The molecule has 0 bridgehead atoms. The lowest BCUT2D eigenvalue weighted by Gasteiger charge is -2.33. The number of nitrogens with one attached hydrogen (secondary N) is 2. The van der Waals surface area contributed by atoms with Crippen LogP contribution < -0.4 is 10.6 Å². The molecule has 1 unspecified atom stereocenters. The van der Waals surface area contributed by atoms with E-state index in [1.54, 1.807) is 0 Å². The van der Waals surface area contributed by atoms with Crippen LogP contribution in [0.1, 0.15) is 24.8 Å². The van der Waals surface area contributed by atoms with Crippen LogP contribution in [-0.2, 0) is 54.3 Å². The fourth-order valence-electron chi connectivity index (χ4n) is 3.81. The first kappa shape index (κ1) is 36.8. The van der Waals surface area contributed by atoms with Crippen molar-refractivity contribution >= 4 is 35.9 Å². The molecule has 15 nitrogen and oxygen atoms in total. The number of carbonyl (C=O) groups is 6. The van der Waals surface area contributed by atoms with Crippen LogP contribution in [0.15, 0.2) is 30.3 Å². The molecule has 0 saturated heterocycles. The molecule has 0 saturated carbocycles. The van der Waals surface area contributed by atoms with Crippen molar-refractivity contribution in [3.63, 3.8) is 0 Å². The van der Waals surface area contributed by atoms with Crippen molar-refractivity contribution in [3.05, 3.63) is 35.9 Å². The highest BCUT2D eigenvalue weighted by Gasteiger charge is 2.28. The molecule has 0 radical (unpaired) electrons. The third kappa shape index (κ3) is 16.7. The molecule has 2 N–H and O–H groups in total. The Morgan fingerprint density at radius 2 is 1.23 bits per heavy atom. The normalized spacial score (nSPS) is 11.3. The molecule has 15 heteroatoms. The van der Waals surface area contributed by atoms with Gasteiger partial charge in [0, 0.05) is 32.1 Å². The molecule has 1 aromatic rings. The van der Waals surface area contributed by atoms with Gasteiger partial charge in [-0.1, -0.05) is 30.3 Å². The Hall–Kier alpha value is -4.24. The van der Waals surface area contributed by atoms with Gasteiger partial charge in [0.15, 0.2) is 0 Å². The topological polar surface area (TPSA) is 179 Å². The molecule has 2 amide bonds. The van der Waals surface area contributed by atoms with Crippen LogP contribution in [0, 0.1) is 0 Å². The van der Waals surface area contributed by atoms with E-state index < -0.39 is 36.0 Å². The fourth-order valence-corrected chi connectivity index (χ4v) is 3.81. The maximum Gasteiger partial charge on any atom is 0.407 e. The highest BCUT2D eigenvalue weighted by molar-refractivity contribution is 5.77. The van der Waals surface area contributed by atoms with Crippen LogP contribution in [0.4, 0.5) is 4.79 Å². The van der Waals surface area contributed by atoms with Gasteiger partial charge in [-0.25, -0.2) is 4.79 Å². The van der Waals surface area contributed by atoms with Gasteiger partial charge in [-0.2, -0.15) is 0 Å². The van der Waals surface area contributed by atoms with E-state index in [2.05, 4.69) is 10.6 Å². The number of hydrogen-bond acceptors (Lipinski definition) is 13. The number of carbonyl (C=O) groups excluding carboxylic acids is 6. The van der Waals surface area contributed by atoms with Gasteiger partial charge < -0.3 is 34.3 Å². The zero-order valence-corrected chi connectivity index (χ0v) is 25.1. The largest absolute Gasteiger partial charge is 0.468 e. The Morgan fingerprint density at radius 3 is 1.77 bits per heavy atom. The molecule has 0 heterocycles. The summed E-state index contributed by atoms with van der Waals surface area (Å²) in [5.41, 5.74) is 0.860. The zero-order valence-electron chi connectivity index (χ0n) is 25.1. The number of esters is 4. The monoisotopic (exact) mass is 610 g/mol. The number of ether oxygens (including phenoxy) is 5. The first-order valence-corrected chi connectivity index (χ1v) is 13.6. The van der Waals surface area contributed by atoms with Crippen molar-refractivity contribution in [1.29, 1.82) is 0 Å². The van der Waals surface area contributed by atoms with Crippen LogP contribution in [0.2, 0.25) is 0 Å². The Morgan fingerprint density at radius 1 is 0.721 bits per heavy atom. The van der Waals surface area contributed by atoms with E-state index in [1.807, 2.05) is 30.3 Å². The van der Waals surface area contributed by atoms with Gasteiger partial charge in [-0.3, -0.25) is 33.8 Å². The number of nitrogens with zero attached hydrogens (tertiary/aromatic N) is 2. The van der Waals surface area contributed by atoms with E-state index in [1.165, 1.54) is 38.2 Å². The standard InChI is InChI=1S/C28H42N4O11/c1-39-24(34)16-31(17-25(35)40-2)15-22(32(18-26(36)41-3)19-27(37)42-4)11-12-23(33)29-13-8-14-30-28(38)43-20-21-9-6-5-7-10-21/h5-7,9-10,22H,8,11-20H2,1-4H3,(H,29,33)(H,30,38). The Labute approximate surface area is 251 Å². The van der Waals surface area contributed by atoms with Crippen molar-refractivity contribution in [1.82, 2.24) is 20.4 Å². The second-order valence-electron chi connectivity index (χ2n) is 9.26. The zero-order chi connectivity index (χ0) is 32.0. The predicted molar refractivity (Wildman–Crippen MR) is 151 cm³/mol. The summed E-state index contributed by atoms with van der Waals surface area (Å²) in [6, 6.07) is 8.57. The number of methoxy groups -OCH3 is 4. The molecule has 43 heavy (non-hydrogen) atoms. The minimum atomic E-state index is -0.667. The molecule has 1 aromatic carbocycles. The average Bonchev–Trinajstić information content (AvgIpc) is 3.01. The first-order chi connectivity index (χ1) is 20.6. The maximum atomic E-state index is 12.6. The van der Waals surface area contributed by atoms with Gasteiger partial charge >= 0.3 is 30.0 Å². The van der Waals surface area contributed by atoms with Gasteiger partial charge in [0.05, 0.1) is 54.6 Å². The number of alkyl carbamates (subject to hydrolysis) is 1. The first-order valence-electron chi connectivity index (χ1n) is 13.6. The summed E-state index contributed by atoms with van der Waals surface area (Å²) >= 11 is 0. The molecule has 0 aliphatic carbocycles. The molecule has 0 aromatic heterocycles. The SMILES string of the molecule is COC(=O)CN(CC(=O)OC)CC(CCC(=O)NCCCNC(=O)OCc1ccccc1)N(CC(=O)OC)CC(=O)OC. The van der Waals surface area contributed by atoms with Gasteiger partial charge in [-0.05, 0) is 18.4 Å². The molecular formula is C28H42N4O11. The minimum Gasteiger partial charge on any atom is -0.468 e. The van der Waals surface area contributed by atoms with Crippen LogP contribution in [0.5, 0.6) is 0 Å². The third-order valence-corrected chi connectivity index (χ3v) is 6.13. The maximum absolute atomic E-state index is 12.6. The second kappa shape index (κ2) is 21.5. The number of hydrogen-bond donors (Lipinski definition) is 2. The number of rotatable bonds is 20. The molecule has 0 aliphatic heterocycles. The summed E-state index contributed by atoms with van der Waals surface area (Å²) in [7, 11) is 4.79. The second-order valence-corrected chi connectivity index (χ2v) is 9.26. The molecule has 0 fully saturated rings. The Bertz CT molecular complexity index is 1000. The van der Waals surface area contributed by atoms with Crippen molar-refractivity contribution in [2.75, 3.05) is 74.3 Å². The van der Waals surface area contributed by atoms with E-state index in [0.717, 1.165) is 5.56 Å². The van der Waals surface area contributed by atoms with Gasteiger partial charge in [0.2, 0.25) is 5.91 Å². The molecule has 240 valence electrons. The van der Waals surface area contributed by atoms with Crippen LogP contribution in [0.3, 0.4) is 0 Å².